The van der Waals surface area contributed by atoms with Gasteiger partial charge in [-0.05, 0) is 0 Å². The smallest absolute Gasteiger partial charge is 0.184 e. The molecule has 2 heterocycles. The van der Waals surface area contributed by atoms with Crippen molar-refractivity contribution in [2.45, 2.75) is 37.0 Å². The van der Waals surface area contributed by atoms with E-state index in [0.717, 1.165) is 11.1 Å². The second-order valence-corrected chi connectivity index (χ2v) is 6.40. The van der Waals surface area contributed by atoms with Gasteiger partial charge >= 0.3 is 0 Å². The topological polar surface area (TPSA) is 77.4 Å². The highest BCUT2D eigenvalue weighted by atomic mass is 16.8. The van der Waals surface area contributed by atoms with E-state index < -0.39 is 37.0 Å². The molecule has 0 bridgehead atoms. The van der Waals surface area contributed by atoms with Crippen molar-refractivity contribution in [1.29, 1.82) is 0 Å². The van der Waals surface area contributed by atoms with Crippen molar-refractivity contribution in [3.63, 3.8) is 0 Å². The predicted molar refractivity (Wildman–Crippen MR) is 92.0 cm³/mol. The molecule has 0 radical (unpaired) electrons. The molecular weight excluding hydrogens is 336 g/mol. The van der Waals surface area contributed by atoms with Crippen LogP contribution in [0, 0.1) is 0 Å². The Labute approximate surface area is 151 Å². The Hall–Kier alpha value is -1.80. The van der Waals surface area contributed by atoms with Gasteiger partial charge in [0.25, 0.3) is 0 Å². The first kappa shape index (κ1) is 17.6. The van der Waals surface area contributed by atoms with Crippen LogP contribution in [-0.2, 0) is 18.9 Å². The molecule has 2 aliphatic heterocycles. The van der Waals surface area contributed by atoms with Crippen LogP contribution in [0.2, 0.25) is 0 Å². The van der Waals surface area contributed by atoms with Crippen molar-refractivity contribution in [3.05, 3.63) is 71.8 Å². The molecule has 0 saturated carbocycles. The Balaban J connectivity index is 1.53. The van der Waals surface area contributed by atoms with Gasteiger partial charge in [0, 0.05) is 11.1 Å². The molecule has 6 atom stereocenters. The average molecular weight is 358 g/mol. The molecule has 2 saturated heterocycles. The third kappa shape index (κ3) is 3.40. The number of benzene rings is 2. The summed E-state index contributed by atoms with van der Waals surface area (Å²) in [5.41, 5.74) is 1.74. The van der Waals surface area contributed by atoms with E-state index in [0.29, 0.717) is 0 Å². The van der Waals surface area contributed by atoms with Crippen molar-refractivity contribution in [3.8, 4) is 0 Å². The standard InChI is InChI=1S/C20H22O6/c21-11-15-17(25-19(23-15)13-7-3-1-4-8-13)18-16(12-22)24-20(26-18)14-9-5-2-6-10-14/h1-10,15-22H,11-12H2/t15-,16+,17+,18-,19?,20?. The van der Waals surface area contributed by atoms with E-state index in [2.05, 4.69) is 0 Å². The molecule has 2 aromatic carbocycles. The van der Waals surface area contributed by atoms with Gasteiger partial charge in [0.05, 0.1) is 13.2 Å². The monoisotopic (exact) mass is 358 g/mol. The summed E-state index contributed by atoms with van der Waals surface area (Å²) in [7, 11) is 0. The number of hydrogen-bond donors (Lipinski definition) is 2. The largest absolute Gasteiger partial charge is 0.394 e. The number of aliphatic hydroxyl groups excluding tert-OH is 2. The molecule has 2 fully saturated rings. The van der Waals surface area contributed by atoms with E-state index in [9.17, 15) is 10.2 Å². The van der Waals surface area contributed by atoms with Gasteiger partial charge in [0.1, 0.15) is 24.4 Å². The molecule has 0 spiro atoms. The molecule has 2 aromatic rings. The van der Waals surface area contributed by atoms with Crippen molar-refractivity contribution < 1.29 is 29.2 Å². The van der Waals surface area contributed by atoms with Gasteiger partial charge in [-0.25, -0.2) is 0 Å². The quantitative estimate of drug-likeness (QED) is 0.851. The summed E-state index contributed by atoms with van der Waals surface area (Å²) in [5.74, 6) is 0. The van der Waals surface area contributed by atoms with Crippen LogP contribution in [0.25, 0.3) is 0 Å². The molecular formula is C20H22O6. The highest BCUT2D eigenvalue weighted by molar-refractivity contribution is 5.18. The van der Waals surface area contributed by atoms with Crippen LogP contribution >= 0.6 is 0 Å². The van der Waals surface area contributed by atoms with E-state index in [1.807, 2.05) is 60.7 Å². The summed E-state index contributed by atoms with van der Waals surface area (Å²) in [6, 6.07) is 19.1. The second-order valence-electron chi connectivity index (χ2n) is 6.40. The molecule has 0 amide bonds. The molecule has 26 heavy (non-hydrogen) atoms. The fraction of sp³-hybridized carbons (Fsp3) is 0.400. The maximum atomic E-state index is 9.74. The van der Waals surface area contributed by atoms with E-state index >= 15 is 0 Å². The lowest BCUT2D eigenvalue weighted by atomic mass is 10.0. The maximum Gasteiger partial charge on any atom is 0.184 e. The number of rotatable bonds is 5. The molecule has 4 rings (SSSR count). The first-order chi connectivity index (χ1) is 12.8. The van der Waals surface area contributed by atoms with Crippen LogP contribution in [0.3, 0.4) is 0 Å². The zero-order valence-corrected chi connectivity index (χ0v) is 14.2. The third-order valence-electron chi connectivity index (χ3n) is 4.72. The van der Waals surface area contributed by atoms with E-state index in [-0.39, 0.29) is 13.2 Å². The summed E-state index contributed by atoms with van der Waals surface area (Å²) in [6.45, 7) is -0.413. The summed E-state index contributed by atoms with van der Waals surface area (Å²) in [6.07, 6.45) is -3.38. The summed E-state index contributed by atoms with van der Waals surface area (Å²) >= 11 is 0. The van der Waals surface area contributed by atoms with Crippen molar-refractivity contribution in [2.75, 3.05) is 13.2 Å². The van der Waals surface area contributed by atoms with E-state index in [1.165, 1.54) is 0 Å². The Bertz CT molecular complexity index is 632. The number of hydrogen-bond acceptors (Lipinski definition) is 6. The Morgan fingerprint density at radius 1 is 0.577 bits per heavy atom. The predicted octanol–water partition coefficient (Wildman–Crippen LogP) is 1.94. The fourth-order valence-corrected chi connectivity index (χ4v) is 3.40. The minimum atomic E-state index is -0.586. The van der Waals surface area contributed by atoms with Crippen molar-refractivity contribution >= 4 is 0 Å². The molecule has 6 nitrogen and oxygen atoms in total. The third-order valence-corrected chi connectivity index (χ3v) is 4.72. The van der Waals surface area contributed by atoms with Crippen molar-refractivity contribution in [1.82, 2.24) is 0 Å². The molecule has 2 aliphatic rings. The SMILES string of the molecule is OC[C@@H]1OC(c2ccccc2)O[C@H]1[C@H]1OC(c2ccccc2)O[C@@H]1CO. The first-order valence-electron chi connectivity index (χ1n) is 8.73. The van der Waals surface area contributed by atoms with Crippen LogP contribution in [0.15, 0.2) is 60.7 Å². The van der Waals surface area contributed by atoms with Crippen LogP contribution in [-0.4, -0.2) is 47.8 Å². The highest BCUT2D eigenvalue weighted by Crippen LogP contribution is 2.40. The fourth-order valence-electron chi connectivity index (χ4n) is 3.40. The van der Waals surface area contributed by atoms with Crippen LogP contribution in [0.1, 0.15) is 23.7 Å². The summed E-state index contributed by atoms with van der Waals surface area (Å²) < 4.78 is 23.8. The molecule has 138 valence electrons. The normalized spacial score (nSPS) is 34.2. The van der Waals surface area contributed by atoms with Crippen LogP contribution < -0.4 is 0 Å². The second kappa shape index (κ2) is 7.84. The summed E-state index contributed by atoms with van der Waals surface area (Å²) in [5, 5.41) is 19.5. The Kier molecular flexibility index (Phi) is 5.31. The minimum absolute atomic E-state index is 0.206. The lowest BCUT2D eigenvalue weighted by molar-refractivity contribution is -0.107. The van der Waals surface area contributed by atoms with Gasteiger partial charge in [-0.15, -0.1) is 0 Å². The molecule has 2 unspecified atom stereocenters. The lowest BCUT2D eigenvalue weighted by Gasteiger charge is -2.23. The Morgan fingerprint density at radius 2 is 0.962 bits per heavy atom. The Morgan fingerprint density at radius 3 is 1.31 bits per heavy atom. The van der Waals surface area contributed by atoms with E-state index in [1.54, 1.807) is 0 Å². The van der Waals surface area contributed by atoms with Gasteiger partial charge in [-0.1, -0.05) is 60.7 Å². The van der Waals surface area contributed by atoms with Crippen LogP contribution in [0.4, 0.5) is 0 Å². The maximum absolute atomic E-state index is 9.74. The van der Waals surface area contributed by atoms with E-state index in [4.69, 9.17) is 18.9 Å². The number of ether oxygens (including phenoxy) is 4. The van der Waals surface area contributed by atoms with Gasteiger partial charge in [0.2, 0.25) is 0 Å². The zero-order valence-electron chi connectivity index (χ0n) is 14.2. The summed E-state index contributed by atoms with van der Waals surface area (Å²) in [4.78, 5) is 0. The minimum Gasteiger partial charge on any atom is -0.394 e. The molecule has 2 N–H and O–H groups in total. The van der Waals surface area contributed by atoms with Gasteiger partial charge in [-0.3, -0.25) is 0 Å². The molecule has 0 aliphatic carbocycles. The lowest BCUT2D eigenvalue weighted by Crippen LogP contribution is -2.44. The van der Waals surface area contributed by atoms with Crippen LogP contribution in [0.5, 0.6) is 0 Å². The van der Waals surface area contributed by atoms with Gasteiger partial charge in [-0.2, -0.15) is 0 Å². The zero-order chi connectivity index (χ0) is 17.9. The van der Waals surface area contributed by atoms with Crippen molar-refractivity contribution in [2.24, 2.45) is 0 Å². The number of aliphatic hydroxyl groups is 2. The van der Waals surface area contributed by atoms with Gasteiger partial charge in [0.15, 0.2) is 12.6 Å². The highest BCUT2D eigenvalue weighted by Gasteiger charge is 2.49. The molecule has 0 aromatic heterocycles. The van der Waals surface area contributed by atoms with Gasteiger partial charge < -0.3 is 29.2 Å². The first-order valence-corrected chi connectivity index (χ1v) is 8.73. The average Bonchev–Trinajstić information content (AvgIpc) is 3.33. The molecule has 6 heteroatoms.